The van der Waals surface area contributed by atoms with Crippen LogP contribution < -0.4 is 0 Å². The third-order valence-corrected chi connectivity index (χ3v) is 6.40. The second-order valence-corrected chi connectivity index (χ2v) is 8.44. The van der Waals surface area contributed by atoms with Gasteiger partial charge in [-0.2, -0.15) is 5.26 Å². The Labute approximate surface area is 165 Å². The number of ether oxygens (including phenoxy) is 3. The zero-order chi connectivity index (χ0) is 20.0. The van der Waals surface area contributed by atoms with E-state index < -0.39 is 36.2 Å². The molecule has 1 saturated heterocycles. The second kappa shape index (κ2) is 9.67. The Morgan fingerprint density at radius 2 is 1.56 bits per heavy atom. The zero-order valence-corrected chi connectivity index (χ0v) is 16.7. The van der Waals surface area contributed by atoms with Gasteiger partial charge in [-0.15, -0.1) is 23.5 Å². The molecule has 0 saturated carbocycles. The number of nitrogens with zero attached hydrogens (tertiary/aromatic N) is 1. The zero-order valence-electron chi connectivity index (χ0n) is 15.0. The lowest BCUT2D eigenvalue weighted by Crippen LogP contribution is -2.53. The van der Waals surface area contributed by atoms with E-state index in [0.717, 1.165) is 4.90 Å². The number of thioether (sulfide) groups is 2. The molecule has 9 heteroatoms. The normalized spacial score (nSPS) is 24.4. The van der Waals surface area contributed by atoms with Gasteiger partial charge in [0.1, 0.15) is 0 Å². The summed E-state index contributed by atoms with van der Waals surface area (Å²) in [5.41, 5.74) is 0.542. The number of rotatable bonds is 5. The van der Waals surface area contributed by atoms with Crippen LogP contribution in [0.25, 0.3) is 0 Å². The van der Waals surface area contributed by atoms with Crippen LogP contribution in [0.4, 0.5) is 0 Å². The highest BCUT2D eigenvalue weighted by Crippen LogP contribution is 2.41. The van der Waals surface area contributed by atoms with Gasteiger partial charge in [0.05, 0.1) is 16.2 Å². The van der Waals surface area contributed by atoms with Crippen molar-refractivity contribution in [2.45, 2.75) is 48.6 Å². The van der Waals surface area contributed by atoms with Crippen molar-refractivity contribution in [1.29, 1.82) is 5.26 Å². The molecular formula is C18H19NO6S2. The predicted octanol–water partition coefficient (Wildman–Crippen LogP) is 2.52. The van der Waals surface area contributed by atoms with E-state index in [0.29, 0.717) is 11.3 Å². The predicted molar refractivity (Wildman–Crippen MR) is 99.9 cm³/mol. The van der Waals surface area contributed by atoms with Crippen molar-refractivity contribution in [3.05, 3.63) is 29.8 Å². The van der Waals surface area contributed by atoms with Gasteiger partial charge >= 0.3 is 17.9 Å². The summed E-state index contributed by atoms with van der Waals surface area (Å²) in [6, 6.07) is 9.05. The standard InChI is InChI=1S/C18H19NO6S2/c1-10(20)23-15-9-26-18(27-14-6-4-13(8-19)5-7-14)17(25-12(3)22)16(15)24-11(2)21/h4-7,15-18H,9H2,1-3H3/t15-,16+,17-,18+/m1/s1. The maximum atomic E-state index is 11.6. The van der Waals surface area contributed by atoms with Crippen LogP contribution in [0.5, 0.6) is 0 Å². The molecule has 0 unspecified atom stereocenters. The molecule has 27 heavy (non-hydrogen) atoms. The fourth-order valence-electron chi connectivity index (χ4n) is 2.55. The van der Waals surface area contributed by atoms with E-state index in [1.165, 1.54) is 44.3 Å². The maximum Gasteiger partial charge on any atom is 0.303 e. The number of hydrogen-bond acceptors (Lipinski definition) is 9. The van der Waals surface area contributed by atoms with Crippen molar-refractivity contribution in [2.75, 3.05) is 5.75 Å². The average molecular weight is 409 g/mol. The van der Waals surface area contributed by atoms with E-state index in [4.69, 9.17) is 19.5 Å². The molecule has 2 rings (SSSR count). The van der Waals surface area contributed by atoms with E-state index in [1.54, 1.807) is 24.3 Å². The lowest BCUT2D eigenvalue weighted by atomic mass is 10.1. The van der Waals surface area contributed by atoms with Crippen LogP contribution in [0, 0.1) is 11.3 Å². The number of carbonyl (C=O) groups excluding carboxylic acids is 3. The number of hydrogen-bond donors (Lipinski definition) is 0. The fourth-order valence-corrected chi connectivity index (χ4v) is 5.34. The SMILES string of the molecule is CC(=O)O[C@@H]1[C@@H](OC(C)=O)[C@H](Sc2ccc(C#N)cc2)SC[C@H]1OC(C)=O. The Morgan fingerprint density at radius 3 is 2.07 bits per heavy atom. The summed E-state index contributed by atoms with van der Waals surface area (Å²) in [4.78, 5) is 35.5. The van der Waals surface area contributed by atoms with Gasteiger partial charge < -0.3 is 14.2 Å². The Bertz CT molecular complexity index is 745. The average Bonchev–Trinajstić information content (AvgIpc) is 2.59. The number of carbonyl (C=O) groups is 3. The smallest absolute Gasteiger partial charge is 0.303 e. The lowest BCUT2D eigenvalue weighted by Gasteiger charge is -2.39. The highest BCUT2D eigenvalue weighted by atomic mass is 32.2. The second-order valence-electron chi connectivity index (χ2n) is 5.75. The topological polar surface area (TPSA) is 103 Å². The Hall–Kier alpha value is -2.18. The molecule has 1 fully saturated rings. The molecule has 0 bridgehead atoms. The van der Waals surface area contributed by atoms with Crippen LogP contribution in [0.3, 0.4) is 0 Å². The summed E-state index contributed by atoms with van der Waals surface area (Å²) in [6.45, 7) is 3.79. The molecule has 0 aromatic heterocycles. The summed E-state index contributed by atoms with van der Waals surface area (Å²) in [6.07, 6.45) is -2.40. The summed E-state index contributed by atoms with van der Waals surface area (Å²) < 4.78 is 15.8. The Kier molecular flexibility index (Phi) is 7.56. The fraction of sp³-hybridized carbons (Fsp3) is 0.444. The molecule has 0 aliphatic carbocycles. The van der Waals surface area contributed by atoms with Crippen LogP contribution >= 0.6 is 23.5 Å². The maximum absolute atomic E-state index is 11.6. The summed E-state index contributed by atoms with van der Waals surface area (Å²) in [5.74, 6) is -1.18. The minimum atomic E-state index is -0.896. The van der Waals surface area contributed by atoms with Crippen LogP contribution in [-0.2, 0) is 28.6 Å². The minimum absolute atomic E-state index is 0.280. The summed E-state index contributed by atoms with van der Waals surface area (Å²) in [5, 5.41) is 8.90. The van der Waals surface area contributed by atoms with E-state index >= 15 is 0 Å². The molecule has 7 nitrogen and oxygen atoms in total. The first-order valence-electron chi connectivity index (χ1n) is 8.10. The third kappa shape index (κ3) is 6.19. The van der Waals surface area contributed by atoms with Crippen LogP contribution in [0.15, 0.2) is 29.2 Å². The number of nitriles is 1. The molecule has 1 aliphatic heterocycles. The van der Waals surface area contributed by atoms with Crippen molar-refractivity contribution in [3.63, 3.8) is 0 Å². The molecular weight excluding hydrogens is 390 g/mol. The molecule has 144 valence electrons. The quantitative estimate of drug-likeness (QED) is 0.536. The van der Waals surface area contributed by atoms with E-state index in [1.807, 2.05) is 0 Å². The summed E-state index contributed by atoms with van der Waals surface area (Å²) >= 11 is 2.88. The first-order chi connectivity index (χ1) is 12.8. The molecule has 1 aromatic carbocycles. The molecule has 1 aliphatic rings. The van der Waals surface area contributed by atoms with E-state index in [9.17, 15) is 14.4 Å². The molecule has 4 atom stereocenters. The third-order valence-electron chi connectivity index (χ3n) is 3.54. The first kappa shape index (κ1) is 21.1. The van der Waals surface area contributed by atoms with Crippen molar-refractivity contribution < 1.29 is 28.6 Å². The van der Waals surface area contributed by atoms with Gasteiger partial charge in [-0.25, -0.2) is 0 Å². The van der Waals surface area contributed by atoms with Crippen molar-refractivity contribution in [2.24, 2.45) is 0 Å². The van der Waals surface area contributed by atoms with Gasteiger partial charge in [-0.05, 0) is 24.3 Å². The van der Waals surface area contributed by atoms with Crippen LogP contribution in [0.2, 0.25) is 0 Å². The number of esters is 3. The van der Waals surface area contributed by atoms with Gasteiger partial charge in [0.25, 0.3) is 0 Å². The van der Waals surface area contributed by atoms with Gasteiger partial charge in [0.2, 0.25) is 0 Å². The van der Waals surface area contributed by atoms with Crippen molar-refractivity contribution in [1.82, 2.24) is 0 Å². The lowest BCUT2D eigenvalue weighted by molar-refractivity contribution is -0.180. The van der Waals surface area contributed by atoms with Gasteiger partial charge in [0.15, 0.2) is 18.3 Å². The number of benzene rings is 1. The van der Waals surface area contributed by atoms with Crippen molar-refractivity contribution in [3.8, 4) is 6.07 Å². The Morgan fingerprint density at radius 1 is 1.00 bits per heavy atom. The van der Waals surface area contributed by atoms with E-state index in [2.05, 4.69) is 6.07 Å². The highest BCUT2D eigenvalue weighted by molar-refractivity contribution is 8.17. The van der Waals surface area contributed by atoms with Gasteiger partial charge in [0, 0.05) is 31.4 Å². The van der Waals surface area contributed by atoms with Crippen molar-refractivity contribution >= 4 is 41.4 Å². The molecule has 0 spiro atoms. The van der Waals surface area contributed by atoms with Gasteiger partial charge in [-0.3, -0.25) is 14.4 Å². The van der Waals surface area contributed by atoms with Gasteiger partial charge in [-0.1, -0.05) is 0 Å². The monoisotopic (exact) mass is 409 g/mol. The minimum Gasteiger partial charge on any atom is -0.458 e. The largest absolute Gasteiger partial charge is 0.458 e. The Balaban J connectivity index is 2.26. The van der Waals surface area contributed by atoms with Crippen LogP contribution in [0.1, 0.15) is 26.3 Å². The first-order valence-corrected chi connectivity index (χ1v) is 10.0. The molecule has 1 heterocycles. The summed E-state index contributed by atoms with van der Waals surface area (Å²) in [7, 11) is 0. The molecule has 0 N–H and O–H groups in total. The molecule has 1 aromatic rings. The molecule has 0 amide bonds. The highest BCUT2D eigenvalue weighted by Gasteiger charge is 2.46. The molecule has 0 radical (unpaired) electrons. The van der Waals surface area contributed by atoms with Crippen LogP contribution in [-0.4, -0.2) is 46.6 Å². The van der Waals surface area contributed by atoms with E-state index in [-0.39, 0.29) is 4.58 Å².